The van der Waals surface area contributed by atoms with E-state index >= 15 is 0 Å². The summed E-state index contributed by atoms with van der Waals surface area (Å²) in [6, 6.07) is 15.3. The maximum Gasteiger partial charge on any atom is 0.338 e. The van der Waals surface area contributed by atoms with Crippen LogP contribution < -0.4 is 5.32 Å². The molecule has 0 radical (unpaired) electrons. The Balaban J connectivity index is 1.63. The third-order valence-corrected chi connectivity index (χ3v) is 4.59. The molecule has 4 nitrogen and oxygen atoms in total. The van der Waals surface area contributed by atoms with E-state index in [0.717, 1.165) is 24.8 Å². The maximum absolute atomic E-state index is 12.5. The van der Waals surface area contributed by atoms with E-state index in [1.54, 1.807) is 25.1 Å². The molecule has 0 saturated carbocycles. The summed E-state index contributed by atoms with van der Waals surface area (Å²) in [7, 11) is 0. The summed E-state index contributed by atoms with van der Waals surface area (Å²) in [5.74, 6) is -0.738. The Morgan fingerprint density at radius 2 is 1.96 bits per heavy atom. The van der Waals surface area contributed by atoms with Crippen LogP contribution in [0.15, 0.2) is 48.5 Å². The largest absolute Gasteiger partial charge is 0.449 e. The molecule has 0 spiro atoms. The predicted molar refractivity (Wildman–Crippen MR) is 96.3 cm³/mol. The molecule has 0 bridgehead atoms. The van der Waals surface area contributed by atoms with Crippen LogP contribution in [-0.4, -0.2) is 18.0 Å². The van der Waals surface area contributed by atoms with Crippen LogP contribution in [0.25, 0.3) is 0 Å². The molecule has 1 aliphatic carbocycles. The second kappa shape index (κ2) is 7.51. The van der Waals surface area contributed by atoms with Crippen molar-refractivity contribution in [3.63, 3.8) is 0 Å². The van der Waals surface area contributed by atoms with Gasteiger partial charge in [-0.2, -0.15) is 0 Å². The van der Waals surface area contributed by atoms with Gasteiger partial charge in [0.25, 0.3) is 5.91 Å². The van der Waals surface area contributed by atoms with Crippen molar-refractivity contribution in [3.05, 3.63) is 70.8 Å². The molecule has 2 aromatic carbocycles. The molecule has 0 heterocycles. The van der Waals surface area contributed by atoms with Crippen molar-refractivity contribution in [1.82, 2.24) is 5.32 Å². The number of benzene rings is 2. The highest BCUT2D eigenvalue weighted by molar-refractivity contribution is 5.92. The van der Waals surface area contributed by atoms with Gasteiger partial charge in [0, 0.05) is 0 Å². The first-order valence-corrected chi connectivity index (χ1v) is 8.70. The summed E-state index contributed by atoms with van der Waals surface area (Å²) in [6.07, 6.45) is 2.16. The van der Waals surface area contributed by atoms with Gasteiger partial charge in [-0.1, -0.05) is 42.0 Å². The molecule has 4 heteroatoms. The topological polar surface area (TPSA) is 55.4 Å². The lowest BCUT2D eigenvalue weighted by atomic mass is 9.87. The number of carbonyl (C=O) groups excluding carboxylic acids is 2. The van der Waals surface area contributed by atoms with Crippen molar-refractivity contribution in [2.75, 3.05) is 0 Å². The molecule has 0 unspecified atom stereocenters. The molecule has 0 saturated heterocycles. The minimum atomic E-state index is -0.831. The van der Waals surface area contributed by atoms with E-state index in [4.69, 9.17) is 4.74 Å². The second-order valence-electron chi connectivity index (χ2n) is 6.57. The van der Waals surface area contributed by atoms with Crippen LogP contribution >= 0.6 is 0 Å². The van der Waals surface area contributed by atoms with E-state index in [2.05, 4.69) is 17.4 Å². The van der Waals surface area contributed by atoms with E-state index in [-0.39, 0.29) is 11.9 Å². The Hall–Kier alpha value is -2.62. The monoisotopic (exact) mass is 337 g/mol. The zero-order chi connectivity index (χ0) is 17.8. The van der Waals surface area contributed by atoms with Crippen LogP contribution in [0.2, 0.25) is 0 Å². The van der Waals surface area contributed by atoms with Gasteiger partial charge < -0.3 is 10.1 Å². The Labute approximate surface area is 148 Å². The zero-order valence-corrected chi connectivity index (χ0v) is 14.6. The number of fused-ring (bicyclic) bond motifs is 1. The molecule has 2 atom stereocenters. The third kappa shape index (κ3) is 4.08. The Morgan fingerprint density at radius 3 is 2.76 bits per heavy atom. The quantitative estimate of drug-likeness (QED) is 0.865. The summed E-state index contributed by atoms with van der Waals surface area (Å²) in [5, 5.41) is 3.03. The highest BCUT2D eigenvalue weighted by Gasteiger charge is 2.25. The minimum absolute atomic E-state index is 0.0161. The van der Waals surface area contributed by atoms with Crippen LogP contribution in [0.4, 0.5) is 0 Å². The fraction of sp³-hybridized carbons (Fsp3) is 0.333. The van der Waals surface area contributed by atoms with Gasteiger partial charge in [-0.3, -0.25) is 4.79 Å². The minimum Gasteiger partial charge on any atom is -0.449 e. The van der Waals surface area contributed by atoms with E-state index in [1.807, 2.05) is 25.1 Å². The molecule has 0 aromatic heterocycles. The number of rotatable bonds is 4. The Morgan fingerprint density at radius 1 is 1.16 bits per heavy atom. The van der Waals surface area contributed by atoms with E-state index < -0.39 is 12.1 Å². The number of esters is 1. The first-order valence-electron chi connectivity index (χ1n) is 8.70. The smallest absolute Gasteiger partial charge is 0.338 e. The van der Waals surface area contributed by atoms with E-state index in [9.17, 15) is 9.59 Å². The fourth-order valence-electron chi connectivity index (χ4n) is 3.25. The van der Waals surface area contributed by atoms with Crippen molar-refractivity contribution in [2.24, 2.45) is 0 Å². The molecule has 0 fully saturated rings. The van der Waals surface area contributed by atoms with Gasteiger partial charge >= 0.3 is 5.97 Å². The summed E-state index contributed by atoms with van der Waals surface area (Å²) < 4.78 is 5.33. The lowest BCUT2D eigenvalue weighted by Crippen LogP contribution is -2.39. The highest BCUT2D eigenvalue weighted by Crippen LogP contribution is 2.29. The number of nitrogens with one attached hydrogen (secondary N) is 1. The van der Waals surface area contributed by atoms with Crippen LogP contribution in [-0.2, 0) is 16.0 Å². The molecule has 2 aromatic rings. The number of hydrogen-bond donors (Lipinski definition) is 1. The van der Waals surface area contributed by atoms with Gasteiger partial charge in [0.2, 0.25) is 0 Å². The van der Waals surface area contributed by atoms with Crippen LogP contribution in [0.3, 0.4) is 0 Å². The van der Waals surface area contributed by atoms with Gasteiger partial charge in [0.1, 0.15) is 0 Å². The molecule has 3 rings (SSSR count). The number of amides is 1. The average molecular weight is 337 g/mol. The lowest BCUT2D eigenvalue weighted by molar-refractivity contribution is -0.130. The summed E-state index contributed by atoms with van der Waals surface area (Å²) >= 11 is 0. The number of carbonyl (C=O) groups is 2. The van der Waals surface area contributed by atoms with Crippen molar-refractivity contribution in [3.8, 4) is 0 Å². The van der Waals surface area contributed by atoms with E-state index in [1.165, 1.54) is 11.1 Å². The first-order chi connectivity index (χ1) is 12.0. The van der Waals surface area contributed by atoms with Gasteiger partial charge in [0.15, 0.2) is 6.10 Å². The van der Waals surface area contributed by atoms with Crippen LogP contribution in [0.1, 0.15) is 52.9 Å². The van der Waals surface area contributed by atoms with Crippen molar-refractivity contribution in [1.29, 1.82) is 0 Å². The lowest BCUT2D eigenvalue weighted by Gasteiger charge is -2.27. The van der Waals surface area contributed by atoms with Gasteiger partial charge in [-0.25, -0.2) is 4.79 Å². The molecule has 25 heavy (non-hydrogen) atoms. The number of ether oxygens (including phenoxy) is 1. The predicted octanol–water partition coefficient (Wildman–Crippen LogP) is 3.73. The molecule has 0 aliphatic heterocycles. The fourth-order valence-corrected chi connectivity index (χ4v) is 3.25. The summed E-state index contributed by atoms with van der Waals surface area (Å²) in [6.45, 7) is 3.52. The maximum atomic E-state index is 12.5. The first kappa shape index (κ1) is 17.2. The third-order valence-electron chi connectivity index (χ3n) is 4.59. The van der Waals surface area contributed by atoms with Crippen LogP contribution in [0, 0.1) is 6.92 Å². The molecule has 1 amide bonds. The SMILES string of the molecule is Cc1cccc(C(=O)O[C@H](C)C(=O)N[C@@H]2CCCc3ccccc32)c1. The normalized spacial score (nSPS) is 17.3. The Kier molecular flexibility index (Phi) is 5.17. The summed E-state index contributed by atoms with van der Waals surface area (Å²) in [5.41, 5.74) is 3.88. The molecule has 1 N–H and O–H groups in total. The van der Waals surface area contributed by atoms with Gasteiger partial charge in [-0.15, -0.1) is 0 Å². The highest BCUT2D eigenvalue weighted by atomic mass is 16.5. The molecular weight excluding hydrogens is 314 g/mol. The van der Waals surface area contributed by atoms with Crippen molar-refractivity contribution < 1.29 is 14.3 Å². The molecule has 1 aliphatic rings. The number of aryl methyl sites for hydroxylation is 2. The van der Waals surface area contributed by atoms with Gasteiger partial charge in [-0.05, 0) is 56.4 Å². The molecular formula is C21H23NO3. The Bertz CT molecular complexity index is 784. The van der Waals surface area contributed by atoms with Crippen molar-refractivity contribution >= 4 is 11.9 Å². The van der Waals surface area contributed by atoms with Crippen LogP contribution in [0.5, 0.6) is 0 Å². The van der Waals surface area contributed by atoms with Crippen molar-refractivity contribution in [2.45, 2.75) is 45.3 Å². The average Bonchev–Trinajstić information content (AvgIpc) is 2.62. The number of hydrogen-bond acceptors (Lipinski definition) is 3. The van der Waals surface area contributed by atoms with Gasteiger partial charge in [0.05, 0.1) is 11.6 Å². The standard InChI is InChI=1S/C21H23NO3/c1-14-7-5-10-17(13-14)21(24)25-15(2)20(23)22-19-12-6-9-16-8-3-4-11-18(16)19/h3-5,7-8,10-11,13,15,19H,6,9,12H2,1-2H3,(H,22,23)/t15-,19-/m1/s1. The zero-order valence-electron chi connectivity index (χ0n) is 14.6. The molecule has 130 valence electrons. The van der Waals surface area contributed by atoms with E-state index in [0.29, 0.717) is 5.56 Å². The summed E-state index contributed by atoms with van der Waals surface area (Å²) in [4.78, 5) is 24.7. The second-order valence-corrected chi connectivity index (χ2v) is 6.57.